The van der Waals surface area contributed by atoms with Crippen LogP contribution < -0.4 is 15.4 Å². The molecule has 0 radical (unpaired) electrons. The Morgan fingerprint density at radius 2 is 1.67 bits per heavy atom. The summed E-state index contributed by atoms with van der Waals surface area (Å²) >= 11 is 0. The maximum Gasteiger partial charge on any atom is 0.243 e. The van der Waals surface area contributed by atoms with Crippen LogP contribution in [0.5, 0.6) is 5.75 Å². The topological polar surface area (TPSA) is 59.6 Å². The predicted octanol–water partition coefficient (Wildman–Crippen LogP) is 3.29. The van der Waals surface area contributed by atoms with Crippen LogP contribution in [0.3, 0.4) is 0 Å². The van der Waals surface area contributed by atoms with Crippen molar-refractivity contribution in [3.05, 3.63) is 54.3 Å². The molecule has 0 saturated carbocycles. The molecule has 2 aromatic rings. The number of benzene rings is 2. The second-order valence-corrected chi connectivity index (χ2v) is 4.98. The molecule has 5 nitrogen and oxygen atoms in total. The molecule has 0 aliphatic carbocycles. The minimum Gasteiger partial charge on any atom is -0.491 e. The Morgan fingerprint density at radius 3 is 2.33 bits per heavy atom. The summed E-state index contributed by atoms with van der Waals surface area (Å²) in [6.45, 7) is 3.73. The summed E-state index contributed by atoms with van der Waals surface area (Å²) in [5.41, 5.74) is 1.36. The van der Waals surface area contributed by atoms with Gasteiger partial charge in [-0.25, -0.2) is 4.39 Å². The molecule has 0 unspecified atom stereocenters. The monoisotopic (exact) mass is 332 g/mol. The van der Waals surface area contributed by atoms with Gasteiger partial charge in [-0.15, -0.1) is 0 Å². The molecule has 0 bridgehead atoms. The van der Waals surface area contributed by atoms with Crippen LogP contribution in [0.4, 0.5) is 15.8 Å². The number of ether oxygens (including phenoxy) is 2. The number of halogens is 1. The van der Waals surface area contributed by atoms with Gasteiger partial charge in [-0.3, -0.25) is 4.79 Å². The van der Waals surface area contributed by atoms with Gasteiger partial charge >= 0.3 is 0 Å². The molecule has 0 atom stereocenters. The Kier molecular flexibility index (Phi) is 7.04. The second kappa shape index (κ2) is 9.52. The predicted molar refractivity (Wildman–Crippen MR) is 91.9 cm³/mol. The fraction of sp³-hybridized carbons (Fsp3) is 0.278. The summed E-state index contributed by atoms with van der Waals surface area (Å²) < 4.78 is 23.5. The van der Waals surface area contributed by atoms with E-state index in [0.717, 1.165) is 5.75 Å². The highest BCUT2D eigenvalue weighted by atomic mass is 19.1. The van der Waals surface area contributed by atoms with Gasteiger partial charge in [0.1, 0.15) is 18.2 Å². The van der Waals surface area contributed by atoms with Gasteiger partial charge in [0.2, 0.25) is 5.91 Å². The molecule has 2 aromatic carbocycles. The third kappa shape index (κ3) is 6.26. The zero-order valence-corrected chi connectivity index (χ0v) is 13.5. The molecule has 128 valence electrons. The lowest BCUT2D eigenvalue weighted by atomic mass is 10.3. The summed E-state index contributed by atoms with van der Waals surface area (Å²) in [6, 6.07) is 12.9. The third-order valence-electron chi connectivity index (χ3n) is 3.14. The van der Waals surface area contributed by atoms with Gasteiger partial charge in [0, 0.05) is 18.0 Å². The van der Waals surface area contributed by atoms with Gasteiger partial charge in [0.15, 0.2) is 0 Å². The number of rotatable bonds is 9. The number of hydrogen-bond donors (Lipinski definition) is 2. The van der Waals surface area contributed by atoms with E-state index in [2.05, 4.69) is 10.6 Å². The summed E-state index contributed by atoms with van der Waals surface area (Å²) in [5.74, 6) is 0.218. The fourth-order valence-electron chi connectivity index (χ4n) is 1.95. The van der Waals surface area contributed by atoms with Crippen LogP contribution in [0.1, 0.15) is 6.92 Å². The molecule has 0 spiro atoms. The first-order valence-electron chi connectivity index (χ1n) is 7.77. The highest BCUT2D eigenvalue weighted by Gasteiger charge is 2.03. The van der Waals surface area contributed by atoms with Crippen molar-refractivity contribution >= 4 is 17.3 Å². The summed E-state index contributed by atoms with van der Waals surface area (Å²) in [7, 11) is 0. The lowest BCUT2D eigenvalue weighted by Crippen LogP contribution is -2.21. The molecule has 0 heterocycles. The van der Waals surface area contributed by atoms with Crippen LogP contribution >= 0.6 is 0 Å². The number of nitrogens with one attached hydrogen (secondary N) is 2. The van der Waals surface area contributed by atoms with E-state index in [1.807, 2.05) is 6.92 Å². The molecule has 2 rings (SSSR count). The molecule has 0 aromatic heterocycles. The maximum absolute atomic E-state index is 12.8. The highest BCUT2D eigenvalue weighted by Crippen LogP contribution is 2.15. The number of hydrogen-bond acceptors (Lipinski definition) is 4. The van der Waals surface area contributed by atoms with Crippen LogP contribution in [0.2, 0.25) is 0 Å². The van der Waals surface area contributed by atoms with Crippen molar-refractivity contribution in [1.29, 1.82) is 0 Å². The van der Waals surface area contributed by atoms with Crippen LogP contribution in [-0.4, -0.2) is 32.3 Å². The van der Waals surface area contributed by atoms with Crippen molar-refractivity contribution in [2.75, 3.05) is 37.0 Å². The molecule has 24 heavy (non-hydrogen) atoms. The van der Waals surface area contributed by atoms with E-state index >= 15 is 0 Å². The zero-order valence-electron chi connectivity index (χ0n) is 13.5. The van der Waals surface area contributed by atoms with Crippen molar-refractivity contribution in [3.63, 3.8) is 0 Å². The maximum atomic E-state index is 12.8. The van der Waals surface area contributed by atoms with E-state index in [1.165, 1.54) is 12.1 Å². The van der Waals surface area contributed by atoms with Crippen LogP contribution in [-0.2, 0) is 9.53 Å². The first-order chi connectivity index (χ1) is 11.7. The van der Waals surface area contributed by atoms with Crippen LogP contribution in [0, 0.1) is 5.82 Å². The number of carbonyl (C=O) groups excluding carboxylic acids is 1. The van der Waals surface area contributed by atoms with Gasteiger partial charge < -0.3 is 20.1 Å². The Bertz CT molecular complexity index is 630. The normalized spacial score (nSPS) is 10.2. The van der Waals surface area contributed by atoms with E-state index < -0.39 is 0 Å². The van der Waals surface area contributed by atoms with E-state index in [9.17, 15) is 9.18 Å². The Hall–Kier alpha value is -2.60. The van der Waals surface area contributed by atoms with Gasteiger partial charge in [-0.05, 0) is 55.5 Å². The SMILES string of the molecule is CCOCCOc1ccc(NC(=O)CNc2ccc(F)cc2)cc1. The lowest BCUT2D eigenvalue weighted by molar-refractivity contribution is -0.114. The van der Waals surface area contributed by atoms with Crippen LogP contribution in [0.25, 0.3) is 0 Å². The fourth-order valence-corrected chi connectivity index (χ4v) is 1.95. The molecule has 0 aliphatic heterocycles. The quantitative estimate of drug-likeness (QED) is 0.692. The minimum absolute atomic E-state index is 0.0955. The molecule has 6 heteroatoms. The standard InChI is InChI=1S/C18H21FN2O3/c1-2-23-11-12-24-17-9-7-16(8-10-17)21-18(22)13-20-15-5-3-14(19)4-6-15/h3-10,20H,2,11-13H2,1H3,(H,21,22). The summed E-state index contributed by atoms with van der Waals surface area (Å²) in [6.07, 6.45) is 0. The number of amides is 1. The Morgan fingerprint density at radius 1 is 1.00 bits per heavy atom. The molecule has 0 aliphatic rings. The van der Waals surface area contributed by atoms with Crippen molar-refractivity contribution in [1.82, 2.24) is 0 Å². The van der Waals surface area contributed by atoms with E-state index in [4.69, 9.17) is 9.47 Å². The zero-order chi connectivity index (χ0) is 17.2. The Labute approximate surface area is 140 Å². The van der Waals surface area contributed by atoms with Crippen LogP contribution in [0.15, 0.2) is 48.5 Å². The van der Waals surface area contributed by atoms with Gasteiger partial charge in [-0.2, -0.15) is 0 Å². The van der Waals surface area contributed by atoms with Crippen molar-refractivity contribution in [2.24, 2.45) is 0 Å². The molecule has 1 amide bonds. The van der Waals surface area contributed by atoms with E-state index in [0.29, 0.717) is 31.2 Å². The van der Waals surface area contributed by atoms with Crippen molar-refractivity contribution in [3.8, 4) is 5.75 Å². The average Bonchev–Trinajstić information content (AvgIpc) is 2.60. The first kappa shape index (κ1) is 17.7. The smallest absolute Gasteiger partial charge is 0.243 e. The molecule has 0 fully saturated rings. The molecular formula is C18H21FN2O3. The molecule has 2 N–H and O–H groups in total. The first-order valence-corrected chi connectivity index (χ1v) is 7.77. The number of anilines is 2. The summed E-state index contributed by atoms with van der Waals surface area (Å²) in [4.78, 5) is 11.9. The van der Waals surface area contributed by atoms with Gasteiger partial charge in [0.25, 0.3) is 0 Å². The van der Waals surface area contributed by atoms with E-state index in [-0.39, 0.29) is 18.3 Å². The van der Waals surface area contributed by atoms with E-state index in [1.54, 1.807) is 36.4 Å². The average molecular weight is 332 g/mol. The third-order valence-corrected chi connectivity index (χ3v) is 3.14. The minimum atomic E-state index is -0.312. The summed E-state index contributed by atoms with van der Waals surface area (Å²) in [5, 5.41) is 5.70. The van der Waals surface area contributed by atoms with Crippen molar-refractivity contribution < 1.29 is 18.7 Å². The second-order valence-electron chi connectivity index (χ2n) is 4.98. The molecular weight excluding hydrogens is 311 g/mol. The Balaban J connectivity index is 1.74. The van der Waals surface area contributed by atoms with Crippen molar-refractivity contribution in [2.45, 2.75) is 6.92 Å². The van der Waals surface area contributed by atoms with Gasteiger partial charge in [-0.1, -0.05) is 0 Å². The highest BCUT2D eigenvalue weighted by molar-refractivity contribution is 5.93. The molecule has 0 saturated heterocycles. The lowest BCUT2D eigenvalue weighted by Gasteiger charge is -2.09. The number of carbonyl (C=O) groups is 1. The largest absolute Gasteiger partial charge is 0.491 e. The van der Waals surface area contributed by atoms with Gasteiger partial charge in [0.05, 0.1) is 13.2 Å².